The fourth-order valence-corrected chi connectivity index (χ4v) is 1.91. The molecule has 0 saturated carbocycles. The van der Waals surface area contributed by atoms with Crippen LogP contribution in [0.2, 0.25) is 0 Å². The molecule has 0 radical (unpaired) electrons. The number of halogens is 3. The van der Waals surface area contributed by atoms with Crippen molar-refractivity contribution in [1.29, 1.82) is 0 Å². The fourth-order valence-electron chi connectivity index (χ4n) is 1.91. The van der Waals surface area contributed by atoms with Crippen molar-refractivity contribution in [1.82, 2.24) is 10.2 Å². The third-order valence-corrected chi connectivity index (χ3v) is 3.03. The molecule has 1 aromatic rings. The topological polar surface area (TPSA) is 32.3 Å². The predicted molar refractivity (Wildman–Crippen MR) is 59.7 cm³/mol. The Morgan fingerprint density at radius 3 is 2.28 bits per heavy atom. The summed E-state index contributed by atoms with van der Waals surface area (Å²) in [5.74, 6) is -4.73. The molecule has 1 amide bonds. The molecule has 98 valence electrons. The highest BCUT2D eigenvalue weighted by atomic mass is 19.2. The average Bonchev–Trinajstić information content (AvgIpc) is 2.28. The van der Waals surface area contributed by atoms with E-state index in [1.165, 1.54) is 4.90 Å². The highest BCUT2D eigenvalue weighted by Gasteiger charge is 2.28. The molecule has 3 nitrogen and oxygen atoms in total. The lowest BCUT2D eigenvalue weighted by atomic mass is 10.1. The first kappa shape index (κ1) is 12.9. The van der Waals surface area contributed by atoms with E-state index in [1.54, 1.807) is 6.92 Å². The van der Waals surface area contributed by atoms with Gasteiger partial charge in [0.15, 0.2) is 17.5 Å². The van der Waals surface area contributed by atoms with Gasteiger partial charge in [0, 0.05) is 25.2 Å². The maximum absolute atomic E-state index is 13.1. The van der Waals surface area contributed by atoms with E-state index >= 15 is 0 Å². The van der Waals surface area contributed by atoms with Crippen LogP contribution in [0.1, 0.15) is 17.3 Å². The molecule has 0 aliphatic carbocycles. The second-order valence-corrected chi connectivity index (χ2v) is 4.16. The van der Waals surface area contributed by atoms with Crippen molar-refractivity contribution in [3.63, 3.8) is 0 Å². The highest BCUT2D eigenvalue weighted by molar-refractivity contribution is 5.94. The van der Waals surface area contributed by atoms with E-state index in [4.69, 9.17) is 0 Å². The lowest BCUT2D eigenvalue weighted by molar-refractivity contribution is 0.0629. The first-order valence-corrected chi connectivity index (χ1v) is 5.70. The van der Waals surface area contributed by atoms with Gasteiger partial charge in [-0.3, -0.25) is 4.79 Å². The number of amides is 1. The Bertz CT molecular complexity index is 451. The molecule has 1 saturated heterocycles. The quantitative estimate of drug-likeness (QED) is 0.834. The summed E-state index contributed by atoms with van der Waals surface area (Å²) in [7, 11) is 0. The van der Waals surface area contributed by atoms with Gasteiger partial charge in [0.2, 0.25) is 0 Å². The summed E-state index contributed by atoms with van der Waals surface area (Å²) in [6.45, 7) is 3.54. The molecule has 18 heavy (non-hydrogen) atoms. The van der Waals surface area contributed by atoms with Crippen molar-refractivity contribution in [2.75, 3.05) is 19.6 Å². The van der Waals surface area contributed by atoms with Crippen LogP contribution in [0.5, 0.6) is 0 Å². The Hall–Kier alpha value is -1.56. The fraction of sp³-hybridized carbons (Fsp3) is 0.417. The molecule has 1 aromatic carbocycles. The Balaban J connectivity index is 2.27. The molecule has 0 bridgehead atoms. The number of nitrogens with zero attached hydrogens (tertiary/aromatic N) is 1. The molecular formula is C12H13F3N2O. The molecule has 1 heterocycles. The summed E-state index contributed by atoms with van der Waals surface area (Å²) in [6.07, 6.45) is 0. The summed E-state index contributed by atoms with van der Waals surface area (Å²) in [4.78, 5) is 13.6. The van der Waals surface area contributed by atoms with Gasteiger partial charge in [-0.2, -0.15) is 0 Å². The number of carbonyl (C=O) groups is 1. The maximum Gasteiger partial charge on any atom is 0.254 e. The van der Waals surface area contributed by atoms with Crippen LogP contribution in [0, 0.1) is 17.5 Å². The first-order chi connectivity index (χ1) is 8.54. The maximum atomic E-state index is 13.1. The summed E-state index contributed by atoms with van der Waals surface area (Å²) in [6, 6.07) is 1.49. The Morgan fingerprint density at radius 2 is 1.89 bits per heavy atom. The number of benzene rings is 1. The van der Waals surface area contributed by atoms with Crippen LogP contribution in [0.15, 0.2) is 12.1 Å². The van der Waals surface area contributed by atoms with E-state index in [-0.39, 0.29) is 11.6 Å². The second kappa shape index (κ2) is 4.97. The van der Waals surface area contributed by atoms with Crippen molar-refractivity contribution in [3.05, 3.63) is 35.1 Å². The molecule has 1 aliphatic rings. The minimum absolute atomic E-state index is 0.0266. The van der Waals surface area contributed by atoms with Gasteiger partial charge in [-0.15, -0.1) is 0 Å². The zero-order valence-electron chi connectivity index (χ0n) is 9.84. The SMILES string of the molecule is CCN(C(=O)c1cc(F)c(F)c(F)c1)C1CNC1. The van der Waals surface area contributed by atoms with Crippen LogP contribution in [0.3, 0.4) is 0 Å². The van der Waals surface area contributed by atoms with Crippen molar-refractivity contribution < 1.29 is 18.0 Å². The standard InChI is InChI=1S/C12H13F3N2O/c1-2-17(8-5-16-6-8)12(18)7-3-9(13)11(15)10(14)4-7/h3-4,8,16H,2,5-6H2,1H3. The summed E-state index contributed by atoms with van der Waals surface area (Å²) in [5.41, 5.74) is -0.167. The molecule has 6 heteroatoms. The molecule has 0 atom stereocenters. The first-order valence-electron chi connectivity index (χ1n) is 5.70. The molecule has 1 N–H and O–H groups in total. The third-order valence-electron chi connectivity index (χ3n) is 3.03. The molecule has 0 unspecified atom stereocenters. The van der Waals surface area contributed by atoms with Gasteiger partial charge in [-0.25, -0.2) is 13.2 Å². The van der Waals surface area contributed by atoms with E-state index in [0.29, 0.717) is 19.6 Å². The normalized spacial score (nSPS) is 15.3. The Morgan fingerprint density at radius 1 is 1.33 bits per heavy atom. The van der Waals surface area contributed by atoms with Gasteiger partial charge >= 0.3 is 0 Å². The Labute approximate surface area is 103 Å². The number of rotatable bonds is 3. The zero-order valence-corrected chi connectivity index (χ0v) is 9.84. The molecular weight excluding hydrogens is 245 g/mol. The van der Waals surface area contributed by atoms with Gasteiger partial charge < -0.3 is 10.2 Å². The summed E-state index contributed by atoms with van der Waals surface area (Å²) < 4.78 is 38.9. The van der Waals surface area contributed by atoms with Crippen LogP contribution >= 0.6 is 0 Å². The van der Waals surface area contributed by atoms with E-state index in [9.17, 15) is 18.0 Å². The lowest BCUT2D eigenvalue weighted by Gasteiger charge is -2.37. The van der Waals surface area contributed by atoms with Gasteiger partial charge in [-0.05, 0) is 19.1 Å². The zero-order chi connectivity index (χ0) is 13.3. The van der Waals surface area contributed by atoms with E-state index in [1.807, 2.05) is 0 Å². The van der Waals surface area contributed by atoms with Gasteiger partial charge in [0.1, 0.15) is 0 Å². The number of carbonyl (C=O) groups excluding carboxylic acids is 1. The number of hydrogen-bond donors (Lipinski definition) is 1. The molecule has 2 rings (SSSR count). The van der Waals surface area contributed by atoms with Gasteiger partial charge in [0.25, 0.3) is 5.91 Å². The largest absolute Gasteiger partial charge is 0.333 e. The average molecular weight is 258 g/mol. The van der Waals surface area contributed by atoms with Crippen LogP contribution < -0.4 is 5.32 Å². The van der Waals surface area contributed by atoms with E-state index in [2.05, 4.69) is 5.32 Å². The Kier molecular flexibility index (Phi) is 3.56. The molecule has 1 aliphatic heterocycles. The van der Waals surface area contributed by atoms with Gasteiger partial charge in [0.05, 0.1) is 6.04 Å². The van der Waals surface area contributed by atoms with Crippen molar-refractivity contribution in [2.45, 2.75) is 13.0 Å². The predicted octanol–water partition coefficient (Wildman–Crippen LogP) is 1.54. The smallest absolute Gasteiger partial charge is 0.254 e. The molecule has 0 spiro atoms. The molecule has 1 fully saturated rings. The van der Waals surface area contributed by atoms with Crippen LogP contribution in [0.25, 0.3) is 0 Å². The van der Waals surface area contributed by atoms with Crippen molar-refractivity contribution >= 4 is 5.91 Å². The van der Waals surface area contributed by atoms with Crippen LogP contribution in [0.4, 0.5) is 13.2 Å². The summed E-state index contributed by atoms with van der Waals surface area (Å²) >= 11 is 0. The third kappa shape index (κ3) is 2.20. The second-order valence-electron chi connectivity index (χ2n) is 4.16. The minimum atomic E-state index is -1.56. The lowest BCUT2D eigenvalue weighted by Crippen LogP contribution is -2.58. The van der Waals surface area contributed by atoms with E-state index in [0.717, 1.165) is 12.1 Å². The number of hydrogen-bond acceptors (Lipinski definition) is 2. The number of likely N-dealkylation sites (N-methyl/N-ethyl adjacent to an activating group) is 1. The monoisotopic (exact) mass is 258 g/mol. The van der Waals surface area contributed by atoms with Crippen LogP contribution in [-0.2, 0) is 0 Å². The number of nitrogens with one attached hydrogen (secondary N) is 1. The molecule has 0 aromatic heterocycles. The van der Waals surface area contributed by atoms with E-state index < -0.39 is 23.4 Å². The summed E-state index contributed by atoms with van der Waals surface area (Å²) in [5, 5.41) is 3.01. The van der Waals surface area contributed by atoms with Gasteiger partial charge in [-0.1, -0.05) is 0 Å². The minimum Gasteiger partial charge on any atom is -0.333 e. The van der Waals surface area contributed by atoms with Crippen molar-refractivity contribution in [3.8, 4) is 0 Å². The van der Waals surface area contributed by atoms with Crippen LogP contribution in [-0.4, -0.2) is 36.5 Å². The van der Waals surface area contributed by atoms with Crippen molar-refractivity contribution in [2.24, 2.45) is 0 Å². The highest BCUT2D eigenvalue weighted by Crippen LogP contribution is 2.17.